The summed E-state index contributed by atoms with van der Waals surface area (Å²) in [6.07, 6.45) is 6.93. The minimum atomic E-state index is -3.36. The lowest BCUT2D eigenvalue weighted by Gasteiger charge is -2.41. The SMILES string of the molecule is C[C@@H]1COCCN1c1cc(C2(S(C)(=O)=O)CCC2)c2cnn(-c3ccnn3COCC[Si](C)(C)C)c2n1. The van der Waals surface area contributed by atoms with Crippen LogP contribution in [-0.4, -0.2) is 79.7 Å². The van der Waals surface area contributed by atoms with Crippen LogP contribution in [-0.2, 0) is 30.8 Å². The number of hydrogen-bond acceptors (Lipinski definition) is 8. The van der Waals surface area contributed by atoms with Crippen LogP contribution in [0.25, 0.3) is 16.9 Å². The van der Waals surface area contributed by atoms with E-state index in [1.807, 2.05) is 12.1 Å². The van der Waals surface area contributed by atoms with Crippen molar-refractivity contribution in [3.8, 4) is 5.82 Å². The van der Waals surface area contributed by atoms with Crippen LogP contribution in [0.3, 0.4) is 0 Å². The number of morpholine rings is 1. The van der Waals surface area contributed by atoms with Gasteiger partial charge in [0.2, 0.25) is 0 Å². The van der Waals surface area contributed by atoms with Crippen LogP contribution in [0.15, 0.2) is 24.5 Å². The topological polar surface area (TPSA) is 104 Å². The first-order valence-corrected chi connectivity index (χ1v) is 18.6. The molecular weight excluding hydrogens is 508 g/mol. The number of ether oxygens (including phenoxy) is 2. The van der Waals surface area contributed by atoms with E-state index in [0.717, 1.165) is 35.1 Å². The van der Waals surface area contributed by atoms with Gasteiger partial charge in [0.1, 0.15) is 12.5 Å². The van der Waals surface area contributed by atoms with E-state index in [2.05, 4.69) is 36.6 Å². The van der Waals surface area contributed by atoms with Crippen molar-refractivity contribution in [3.05, 3.63) is 30.1 Å². The Labute approximate surface area is 219 Å². The van der Waals surface area contributed by atoms with Crippen molar-refractivity contribution in [3.63, 3.8) is 0 Å². The number of fused-ring (bicyclic) bond motifs is 1. The number of anilines is 1. The quantitative estimate of drug-likeness (QED) is 0.296. The van der Waals surface area contributed by atoms with Crippen LogP contribution in [0.4, 0.5) is 5.82 Å². The third kappa shape index (κ3) is 4.96. The summed E-state index contributed by atoms with van der Waals surface area (Å²) in [4.78, 5) is 7.25. The van der Waals surface area contributed by atoms with Gasteiger partial charge in [-0.2, -0.15) is 14.9 Å². The second-order valence-corrected chi connectivity index (χ2v) is 19.5. The van der Waals surface area contributed by atoms with Gasteiger partial charge < -0.3 is 14.4 Å². The van der Waals surface area contributed by atoms with Crippen LogP contribution in [0, 0.1) is 0 Å². The first-order chi connectivity index (χ1) is 17.5. The maximum Gasteiger partial charge on any atom is 0.167 e. The molecular formula is C25H38N6O4SSi. The van der Waals surface area contributed by atoms with Gasteiger partial charge in [-0.05, 0) is 43.9 Å². The van der Waals surface area contributed by atoms with Gasteiger partial charge in [0.15, 0.2) is 21.3 Å². The summed E-state index contributed by atoms with van der Waals surface area (Å²) in [5.41, 5.74) is 1.42. The van der Waals surface area contributed by atoms with Gasteiger partial charge >= 0.3 is 0 Å². The van der Waals surface area contributed by atoms with Crippen LogP contribution < -0.4 is 4.90 Å². The molecule has 0 radical (unpaired) electrons. The Morgan fingerprint density at radius 3 is 2.68 bits per heavy atom. The van der Waals surface area contributed by atoms with Gasteiger partial charge in [0, 0.05) is 38.9 Å². The second kappa shape index (κ2) is 9.79. The van der Waals surface area contributed by atoms with Crippen molar-refractivity contribution in [2.75, 3.05) is 37.5 Å². The Bertz CT molecular complexity index is 1380. The van der Waals surface area contributed by atoms with E-state index in [-0.39, 0.29) is 6.04 Å². The lowest BCUT2D eigenvalue weighted by molar-refractivity contribution is 0.0782. The summed E-state index contributed by atoms with van der Waals surface area (Å²) in [6, 6.07) is 5.07. The zero-order chi connectivity index (χ0) is 26.4. The zero-order valence-corrected chi connectivity index (χ0v) is 24.3. The van der Waals surface area contributed by atoms with Crippen LogP contribution in [0.5, 0.6) is 0 Å². The minimum absolute atomic E-state index is 0.129. The van der Waals surface area contributed by atoms with Gasteiger partial charge in [0.05, 0.1) is 36.4 Å². The normalized spacial score (nSPS) is 20.4. The largest absolute Gasteiger partial charge is 0.377 e. The molecule has 1 saturated carbocycles. The maximum absolute atomic E-state index is 13.1. The Morgan fingerprint density at radius 2 is 2.03 bits per heavy atom. The molecule has 0 unspecified atom stereocenters. The fraction of sp³-hybridized carbons (Fsp3) is 0.640. The molecule has 1 saturated heterocycles. The molecule has 0 N–H and O–H groups in total. The predicted octanol–water partition coefficient (Wildman–Crippen LogP) is 3.58. The zero-order valence-electron chi connectivity index (χ0n) is 22.5. The van der Waals surface area contributed by atoms with Crippen molar-refractivity contribution in [2.24, 2.45) is 0 Å². The van der Waals surface area contributed by atoms with E-state index in [4.69, 9.17) is 19.6 Å². The smallest absolute Gasteiger partial charge is 0.167 e. The number of hydrogen-bond donors (Lipinski definition) is 0. The Balaban J connectivity index is 1.59. The average Bonchev–Trinajstić information content (AvgIpc) is 3.41. The molecule has 10 nitrogen and oxygen atoms in total. The van der Waals surface area contributed by atoms with Crippen molar-refractivity contribution >= 4 is 34.8 Å². The molecule has 0 amide bonds. The molecule has 3 aromatic heterocycles. The number of aromatic nitrogens is 5. The van der Waals surface area contributed by atoms with Gasteiger partial charge in [-0.15, -0.1) is 0 Å². The van der Waals surface area contributed by atoms with E-state index in [1.54, 1.807) is 21.8 Å². The summed E-state index contributed by atoms with van der Waals surface area (Å²) in [5, 5.41) is 9.92. The summed E-state index contributed by atoms with van der Waals surface area (Å²) < 4.78 is 40.5. The molecule has 2 aliphatic rings. The first kappa shape index (κ1) is 26.3. The van der Waals surface area contributed by atoms with Crippen molar-refractivity contribution < 1.29 is 17.9 Å². The van der Waals surface area contributed by atoms with E-state index in [9.17, 15) is 8.42 Å². The Kier molecular flexibility index (Phi) is 6.97. The monoisotopic (exact) mass is 546 g/mol. The summed E-state index contributed by atoms with van der Waals surface area (Å²) in [5.74, 6) is 1.49. The molecule has 0 bridgehead atoms. The molecule has 4 heterocycles. The van der Waals surface area contributed by atoms with E-state index in [0.29, 0.717) is 51.6 Å². The first-order valence-electron chi connectivity index (χ1n) is 13.0. The fourth-order valence-corrected chi connectivity index (χ4v) is 7.57. The van der Waals surface area contributed by atoms with Gasteiger partial charge in [-0.3, -0.25) is 0 Å². The van der Waals surface area contributed by atoms with E-state index < -0.39 is 22.7 Å². The molecule has 0 aromatic carbocycles. The molecule has 3 aromatic rings. The van der Waals surface area contributed by atoms with Crippen LogP contribution >= 0.6 is 0 Å². The van der Waals surface area contributed by atoms with Crippen molar-refractivity contribution in [1.29, 1.82) is 0 Å². The molecule has 202 valence electrons. The Hall–Kier alpha value is -2.28. The summed E-state index contributed by atoms with van der Waals surface area (Å²) in [7, 11) is -4.55. The van der Waals surface area contributed by atoms with Crippen molar-refractivity contribution in [2.45, 2.75) is 69.4 Å². The summed E-state index contributed by atoms with van der Waals surface area (Å²) >= 11 is 0. The highest BCUT2D eigenvalue weighted by Gasteiger charge is 2.49. The van der Waals surface area contributed by atoms with Crippen LogP contribution in [0.1, 0.15) is 31.7 Å². The standard InChI is InChI=1S/C25H38N6O4SSi/c1-19-17-34-12-11-29(19)22-15-21(25(8-6-9-25)36(2,32)33)20-16-27-31(24(20)28-22)23-7-10-26-30(23)18-35-13-14-37(3,4)5/h7,10,15-16,19H,6,8-9,11-14,17-18H2,1-5H3/t19-/m1/s1. The molecule has 1 atom stereocenters. The predicted molar refractivity (Wildman–Crippen MR) is 147 cm³/mol. The molecule has 1 aliphatic carbocycles. The van der Waals surface area contributed by atoms with Crippen LogP contribution in [0.2, 0.25) is 25.7 Å². The van der Waals surface area contributed by atoms with E-state index in [1.165, 1.54) is 6.26 Å². The number of rotatable bonds is 9. The highest BCUT2D eigenvalue weighted by molar-refractivity contribution is 7.91. The van der Waals surface area contributed by atoms with E-state index >= 15 is 0 Å². The maximum atomic E-state index is 13.1. The fourth-order valence-electron chi connectivity index (χ4n) is 5.22. The highest BCUT2D eigenvalue weighted by atomic mass is 32.2. The number of sulfone groups is 1. The van der Waals surface area contributed by atoms with Crippen molar-refractivity contribution in [1.82, 2.24) is 24.5 Å². The average molecular weight is 547 g/mol. The number of pyridine rings is 1. The highest BCUT2D eigenvalue weighted by Crippen LogP contribution is 2.50. The lowest BCUT2D eigenvalue weighted by atomic mass is 9.78. The Morgan fingerprint density at radius 1 is 1.24 bits per heavy atom. The molecule has 37 heavy (non-hydrogen) atoms. The third-order valence-electron chi connectivity index (χ3n) is 7.67. The van der Waals surface area contributed by atoms with Gasteiger partial charge in [-0.25, -0.2) is 18.1 Å². The molecule has 0 spiro atoms. The second-order valence-electron chi connectivity index (χ2n) is 11.6. The summed E-state index contributed by atoms with van der Waals surface area (Å²) in [6.45, 7) is 12.0. The van der Waals surface area contributed by atoms with Gasteiger partial charge in [-0.1, -0.05) is 19.6 Å². The molecule has 12 heteroatoms. The third-order valence-corrected chi connectivity index (χ3v) is 11.4. The number of nitrogens with zero attached hydrogens (tertiary/aromatic N) is 6. The lowest BCUT2D eigenvalue weighted by Crippen LogP contribution is -2.45. The molecule has 5 rings (SSSR count). The molecule has 1 aliphatic heterocycles. The molecule has 2 fully saturated rings. The van der Waals surface area contributed by atoms with Gasteiger partial charge in [0.25, 0.3) is 0 Å². The minimum Gasteiger partial charge on any atom is -0.377 e.